The summed E-state index contributed by atoms with van der Waals surface area (Å²) in [5.41, 5.74) is 0.650. The molecule has 0 aliphatic rings. The van der Waals surface area contributed by atoms with Crippen molar-refractivity contribution >= 4 is 15.7 Å². The fraction of sp³-hybridized carbons (Fsp3) is 0.200. The van der Waals surface area contributed by atoms with E-state index >= 15 is 0 Å². The fourth-order valence-electron chi connectivity index (χ4n) is 2.05. The van der Waals surface area contributed by atoms with Crippen LogP contribution in [0.1, 0.15) is 5.56 Å². The van der Waals surface area contributed by atoms with E-state index in [1.54, 1.807) is 6.07 Å². The average Bonchev–Trinajstić information content (AvgIpc) is 2.44. The number of anilines is 1. The normalized spacial score (nSPS) is 12.0. The lowest BCUT2D eigenvalue weighted by molar-refractivity contribution is -0.137. The van der Waals surface area contributed by atoms with Crippen LogP contribution in [0.2, 0.25) is 0 Å². The van der Waals surface area contributed by atoms with Crippen LogP contribution in [-0.4, -0.2) is 21.8 Å². The molecule has 2 aromatic rings. The van der Waals surface area contributed by atoms with Crippen molar-refractivity contribution in [3.05, 3.63) is 48.0 Å². The van der Waals surface area contributed by atoms with Crippen LogP contribution in [0.25, 0.3) is 11.1 Å². The van der Waals surface area contributed by atoms with Crippen molar-refractivity contribution in [2.75, 3.05) is 18.1 Å². The zero-order valence-corrected chi connectivity index (χ0v) is 13.1. The van der Waals surface area contributed by atoms with Gasteiger partial charge >= 0.3 is 6.18 Å². The Labute approximate surface area is 132 Å². The second-order valence-electron chi connectivity index (χ2n) is 4.86. The van der Waals surface area contributed by atoms with Gasteiger partial charge in [-0.2, -0.15) is 13.2 Å². The number of methoxy groups -OCH3 is 1. The number of ether oxygens (including phenoxy) is 1. The number of rotatable bonds is 4. The third kappa shape index (κ3) is 4.38. The van der Waals surface area contributed by atoms with Gasteiger partial charge in [0.1, 0.15) is 5.75 Å². The Morgan fingerprint density at radius 3 is 2.13 bits per heavy atom. The van der Waals surface area contributed by atoms with Gasteiger partial charge in [-0.05, 0) is 29.8 Å². The molecule has 4 nitrogen and oxygen atoms in total. The second-order valence-corrected chi connectivity index (χ2v) is 6.61. The smallest absolute Gasteiger partial charge is 0.416 e. The maximum Gasteiger partial charge on any atom is 0.416 e. The van der Waals surface area contributed by atoms with Crippen LogP contribution < -0.4 is 9.46 Å². The number of benzene rings is 2. The number of hydrogen-bond donors (Lipinski definition) is 1. The summed E-state index contributed by atoms with van der Waals surface area (Å²) in [5, 5.41) is 0. The highest BCUT2D eigenvalue weighted by Crippen LogP contribution is 2.35. The lowest BCUT2D eigenvalue weighted by Gasteiger charge is -2.13. The van der Waals surface area contributed by atoms with Gasteiger partial charge in [0.25, 0.3) is 0 Å². The first-order valence-electron chi connectivity index (χ1n) is 6.43. The highest BCUT2D eigenvalue weighted by molar-refractivity contribution is 7.92. The first kappa shape index (κ1) is 17.1. The van der Waals surface area contributed by atoms with Crippen molar-refractivity contribution in [3.8, 4) is 16.9 Å². The van der Waals surface area contributed by atoms with Gasteiger partial charge in [0.05, 0.1) is 24.6 Å². The molecule has 0 saturated carbocycles. The van der Waals surface area contributed by atoms with E-state index in [1.807, 2.05) is 0 Å². The quantitative estimate of drug-likeness (QED) is 0.918. The van der Waals surface area contributed by atoms with Crippen LogP contribution in [0, 0.1) is 0 Å². The van der Waals surface area contributed by atoms with Crippen molar-refractivity contribution in [1.29, 1.82) is 0 Å². The molecule has 0 radical (unpaired) electrons. The van der Waals surface area contributed by atoms with Crippen LogP contribution in [0.5, 0.6) is 5.75 Å². The summed E-state index contributed by atoms with van der Waals surface area (Å²) >= 11 is 0. The predicted octanol–water partition coefficient (Wildman–Crippen LogP) is 3.75. The highest BCUT2D eigenvalue weighted by atomic mass is 32.2. The molecule has 0 unspecified atom stereocenters. The summed E-state index contributed by atoms with van der Waals surface area (Å²) in [4.78, 5) is 0. The number of alkyl halides is 3. The van der Waals surface area contributed by atoms with Crippen LogP contribution in [-0.2, 0) is 16.2 Å². The molecule has 0 saturated heterocycles. The molecule has 0 bridgehead atoms. The van der Waals surface area contributed by atoms with Crippen LogP contribution >= 0.6 is 0 Å². The Balaban J connectivity index is 2.39. The van der Waals surface area contributed by atoms with Gasteiger partial charge in [0, 0.05) is 11.6 Å². The van der Waals surface area contributed by atoms with Crippen molar-refractivity contribution in [2.24, 2.45) is 0 Å². The molecule has 0 aliphatic carbocycles. The Kier molecular flexibility index (Phi) is 4.56. The molecule has 0 heterocycles. The molecule has 23 heavy (non-hydrogen) atoms. The van der Waals surface area contributed by atoms with Crippen LogP contribution in [0.3, 0.4) is 0 Å². The Bertz CT molecular complexity index is 800. The standard InChI is InChI=1S/C15H14F3NO3S/c1-22-14-9-12(19-23(2,20)21)7-8-13(14)10-3-5-11(6-4-10)15(16,17)18/h3-9,19H,1-2H3. The molecule has 0 fully saturated rings. The van der Waals surface area contributed by atoms with E-state index in [1.165, 1.54) is 31.4 Å². The summed E-state index contributed by atoms with van der Waals surface area (Å²) in [7, 11) is -2.04. The minimum atomic E-state index is -4.40. The van der Waals surface area contributed by atoms with E-state index in [2.05, 4.69) is 4.72 Å². The maximum absolute atomic E-state index is 12.6. The first-order valence-corrected chi connectivity index (χ1v) is 8.33. The minimum Gasteiger partial charge on any atom is -0.496 e. The topological polar surface area (TPSA) is 55.4 Å². The molecule has 0 aromatic heterocycles. The van der Waals surface area contributed by atoms with Gasteiger partial charge in [0.15, 0.2) is 0 Å². The molecular weight excluding hydrogens is 331 g/mol. The average molecular weight is 345 g/mol. The molecule has 2 aromatic carbocycles. The molecule has 0 aliphatic heterocycles. The lowest BCUT2D eigenvalue weighted by atomic mass is 10.0. The predicted molar refractivity (Wildman–Crippen MR) is 81.9 cm³/mol. The maximum atomic E-state index is 12.6. The van der Waals surface area contributed by atoms with Crippen molar-refractivity contribution in [3.63, 3.8) is 0 Å². The summed E-state index contributed by atoms with van der Waals surface area (Å²) < 4.78 is 67.7. The molecule has 124 valence electrons. The Hall–Kier alpha value is -2.22. The van der Waals surface area contributed by atoms with Crippen molar-refractivity contribution < 1.29 is 26.3 Å². The molecular formula is C15H14F3NO3S. The van der Waals surface area contributed by atoms with E-state index in [-0.39, 0.29) is 0 Å². The van der Waals surface area contributed by atoms with Crippen LogP contribution in [0.4, 0.5) is 18.9 Å². The summed E-state index contributed by atoms with van der Waals surface area (Å²) in [6.07, 6.45) is -3.38. The zero-order chi connectivity index (χ0) is 17.3. The van der Waals surface area contributed by atoms with E-state index in [0.29, 0.717) is 22.6 Å². The number of sulfonamides is 1. The minimum absolute atomic E-state index is 0.306. The molecule has 1 N–H and O–H groups in total. The third-order valence-corrected chi connectivity index (χ3v) is 3.63. The summed E-state index contributed by atoms with van der Waals surface area (Å²) in [5.74, 6) is 0.346. The van der Waals surface area contributed by atoms with E-state index in [0.717, 1.165) is 18.4 Å². The monoisotopic (exact) mass is 345 g/mol. The summed E-state index contributed by atoms with van der Waals surface area (Å²) in [6.45, 7) is 0. The van der Waals surface area contributed by atoms with Gasteiger partial charge in [-0.15, -0.1) is 0 Å². The second kappa shape index (κ2) is 6.11. The largest absolute Gasteiger partial charge is 0.496 e. The molecule has 0 spiro atoms. The number of nitrogens with one attached hydrogen (secondary N) is 1. The molecule has 0 amide bonds. The van der Waals surface area contributed by atoms with Crippen LogP contribution in [0.15, 0.2) is 42.5 Å². The molecule has 0 atom stereocenters. The van der Waals surface area contributed by atoms with E-state index in [4.69, 9.17) is 4.74 Å². The van der Waals surface area contributed by atoms with E-state index < -0.39 is 21.8 Å². The molecule has 2 rings (SSSR count). The van der Waals surface area contributed by atoms with Gasteiger partial charge in [-0.1, -0.05) is 12.1 Å². The number of halogens is 3. The Morgan fingerprint density at radius 2 is 1.65 bits per heavy atom. The van der Waals surface area contributed by atoms with Gasteiger partial charge in [-0.25, -0.2) is 8.42 Å². The van der Waals surface area contributed by atoms with Gasteiger partial charge in [-0.3, -0.25) is 4.72 Å². The highest BCUT2D eigenvalue weighted by Gasteiger charge is 2.30. The van der Waals surface area contributed by atoms with Gasteiger partial charge in [0.2, 0.25) is 10.0 Å². The number of hydrogen-bond acceptors (Lipinski definition) is 3. The first-order chi connectivity index (χ1) is 10.6. The fourth-order valence-corrected chi connectivity index (χ4v) is 2.60. The lowest BCUT2D eigenvalue weighted by Crippen LogP contribution is -2.09. The Morgan fingerprint density at radius 1 is 1.04 bits per heavy atom. The zero-order valence-electron chi connectivity index (χ0n) is 12.3. The summed E-state index contributed by atoms with van der Waals surface area (Å²) in [6, 6.07) is 9.20. The van der Waals surface area contributed by atoms with Crippen molar-refractivity contribution in [1.82, 2.24) is 0 Å². The van der Waals surface area contributed by atoms with Gasteiger partial charge < -0.3 is 4.74 Å². The molecule has 8 heteroatoms. The SMILES string of the molecule is COc1cc(NS(C)(=O)=O)ccc1-c1ccc(C(F)(F)F)cc1. The van der Waals surface area contributed by atoms with Crippen molar-refractivity contribution in [2.45, 2.75) is 6.18 Å². The van der Waals surface area contributed by atoms with E-state index in [9.17, 15) is 21.6 Å². The third-order valence-electron chi connectivity index (χ3n) is 3.03.